The van der Waals surface area contributed by atoms with E-state index in [9.17, 15) is 14.4 Å². The van der Waals surface area contributed by atoms with Gasteiger partial charge in [-0.3, -0.25) is 14.5 Å². The molecule has 5 rings (SSSR count). The third-order valence-corrected chi connectivity index (χ3v) is 8.02. The maximum Gasteiger partial charge on any atom is 0.325 e. The molecule has 16 nitrogen and oxygen atoms in total. The first-order chi connectivity index (χ1) is 23.5. The number of nitrogens with zero attached hydrogens (tertiary/aromatic N) is 7. The minimum atomic E-state index is -1.01. The predicted molar refractivity (Wildman–Crippen MR) is 170 cm³/mol. The van der Waals surface area contributed by atoms with E-state index in [1.54, 1.807) is 22.9 Å². The number of urea groups is 1. The fourth-order valence-electron chi connectivity index (χ4n) is 5.33. The minimum absolute atomic E-state index is 0.0451. The molecule has 4 amide bonds. The van der Waals surface area contributed by atoms with Gasteiger partial charge in [0.2, 0.25) is 5.82 Å². The number of amides is 4. The molecule has 2 aliphatic heterocycles. The van der Waals surface area contributed by atoms with Crippen molar-refractivity contribution in [3.05, 3.63) is 60.3 Å². The second-order valence-electron chi connectivity index (χ2n) is 11.3. The van der Waals surface area contributed by atoms with Crippen LogP contribution in [0.25, 0.3) is 11.3 Å². The number of piperidine rings is 1. The highest BCUT2D eigenvalue weighted by Gasteiger charge is 2.52. The van der Waals surface area contributed by atoms with Gasteiger partial charge in [-0.2, -0.15) is 0 Å². The van der Waals surface area contributed by atoms with Gasteiger partial charge in [0.25, 0.3) is 11.8 Å². The van der Waals surface area contributed by atoms with E-state index in [1.807, 2.05) is 30.3 Å². The van der Waals surface area contributed by atoms with Gasteiger partial charge in [-0.25, -0.2) is 19.4 Å². The quantitative estimate of drug-likeness (QED) is 0.143. The lowest BCUT2D eigenvalue weighted by molar-refractivity contribution is -0.133. The van der Waals surface area contributed by atoms with Gasteiger partial charge in [-0.1, -0.05) is 35.5 Å². The molecule has 0 aliphatic carbocycles. The SMILES string of the molecule is COCCOCCOCCOCCOCCn1cc(-c2cnc(C(=O)N3CCC4(CC3)NC(=O)N(Cc3ccccc3)C4=O)nc2)nn1. The zero-order valence-electron chi connectivity index (χ0n) is 27.1. The number of carbonyl (C=O) groups excluding carboxylic acids is 3. The van der Waals surface area contributed by atoms with Gasteiger partial charge in [0.15, 0.2) is 0 Å². The summed E-state index contributed by atoms with van der Waals surface area (Å²) < 4.78 is 28.4. The van der Waals surface area contributed by atoms with Crippen molar-refractivity contribution in [2.24, 2.45) is 0 Å². The molecule has 258 valence electrons. The second kappa shape index (κ2) is 17.7. The Morgan fingerprint density at radius 2 is 1.46 bits per heavy atom. The maximum absolute atomic E-state index is 13.3. The van der Waals surface area contributed by atoms with Crippen LogP contribution in [0.2, 0.25) is 0 Å². The first-order valence-corrected chi connectivity index (χ1v) is 16.0. The lowest BCUT2D eigenvalue weighted by atomic mass is 9.87. The number of rotatable bonds is 19. The zero-order valence-corrected chi connectivity index (χ0v) is 27.1. The Morgan fingerprint density at radius 3 is 2.08 bits per heavy atom. The van der Waals surface area contributed by atoms with E-state index in [1.165, 1.54) is 17.3 Å². The molecule has 0 atom stereocenters. The highest BCUT2D eigenvalue weighted by molar-refractivity contribution is 6.07. The van der Waals surface area contributed by atoms with Gasteiger partial charge in [0.05, 0.1) is 78.7 Å². The van der Waals surface area contributed by atoms with Crippen LogP contribution in [-0.2, 0) is 41.6 Å². The Morgan fingerprint density at radius 1 is 0.854 bits per heavy atom. The van der Waals surface area contributed by atoms with Gasteiger partial charge in [-0.15, -0.1) is 5.10 Å². The molecule has 2 aromatic heterocycles. The fourth-order valence-corrected chi connectivity index (χ4v) is 5.33. The lowest BCUT2D eigenvalue weighted by Gasteiger charge is -2.37. The summed E-state index contributed by atoms with van der Waals surface area (Å²) in [5, 5.41) is 11.2. The van der Waals surface area contributed by atoms with Crippen LogP contribution in [0.5, 0.6) is 0 Å². The van der Waals surface area contributed by atoms with E-state index < -0.39 is 11.6 Å². The van der Waals surface area contributed by atoms with Crippen LogP contribution in [0.3, 0.4) is 0 Å². The van der Waals surface area contributed by atoms with Gasteiger partial charge in [0.1, 0.15) is 11.2 Å². The normalized spacial score (nSPS) is 15.8. The van der Waals surface area contributed by atoms with E-state index in [2.05, 4.69) is 25.6 Å². The van der Waals surface area contributed by atoms with Crippen LogP contribution in [0.15, 0.2) is 48.9 Å². The minimum Gasteiger partial charge on any atom is -0.382 e. The van der Waals surface area contributed by atoms with Crippen molar-refractivity contribution in [1.82, 2.24) is 40.1 Å². The second-order valence-corrected chi connectivity index (χ2v) is 11.3. The molecule has 48 heavy (non-hydrogen) atoms. The Bertz CT molecular complexity index is 1460. The fraction of sp³-hybridized carbons (Fsp3) is 0.531. The third kappa shape index (κ3) is 9.38. The van der Waals surface area contributed by atoms with Crippen LogP contribution in [-0.4, -0.2) is 138 Å². The first-order valence-electron chi connectivity index (χ1n) is 16.0. The lowest BCUT2D eigenvalue weighted by Crippen LogP contribution is -2.56. The van der Waals surface area contributed by atoms with Crippen LogP contribution >= 0.6 is 0 Å². The number of aromatic nitrogens is 5. The molecule has 3 aromatic rings. The number of hydrogen-bond acceptors (Lipinski definition) is 12. The topological polar surface area (TPSA) is 172 Å². The monoisotopic (exact) mass is 666 g/mol. The molecule has 0 bridgehead atoms. The average Bonchev–Trinajstić information content (AvgIpc) is 3.67. The smallest absolute Gasteiger partial charge is 0.325 e. The summed E-state index contributed by atoms with van der Waals surface area (Å²) in [6, 6.07) is 8.96. The molecule has 2 saturated heterocycles. The molecule has 0 unspecified atom stereocenters. The Balaban J connectivity index is 0.984. The van der Waals surface area contributed by atoms with Crippen LogP contribution in [0.4, 0.5) is 4.79 Å². The molecular weight excluding hydrogens is 624 g/mol. The number of likely N-dealkylation sites (tertiary alicyclic amines) is 1. The number of hydrogen-bond donors (Lipinski definition) is 1. The van der Waals surface area contributed by atoms with E-state index in [-0.39, 0.29) is 37.3 Å². The Hall–Kier alpha value is -4.35. The van der Waals surface area contributed by atoms with Crippen molar-refractivity contribution in [1.29, 1.82) is 0 Å². The predicted octanol–water partition coefficient (Wildman–Crippen LogP) is 1.17. The average molecular weight is 667 g/mol. The van der Waals surface area contributed by atoms with Gasteiger partial charge in [-0.05, 0) is 18.4 Å². The highest BCUT2D eigenvalue weighted by atomic mass is 16.6. The number of ether oxygens (including phenoxy) is 5. The van der Waals surface area contributed by atoms with Crippen molar-refractivity contribution in [2.45, 2.75) is 31.5 Å². The van der Waals surface area contributed by atoms with Gasteiger partial charge >= 0.3 is 6.03 Å². The summed E-state index contributed by atoms with van der Waals surface area (Å²) >= 11 is 0. The van der Waals surface area contributed by atoms with Gasteiger partial charge < -0.3 is 33.9 Å². The maximum atomic E-state index is 13.3. The Kier molecular flexibility index (Phi) is 12.9. The summed E-state index contributed by atoms with van der Waals surface area (Å²) in [7, 11) is 1.63. The van der Waals surface area contributed by atoms with Gasteiger partial charge in [0, 0.05) is 38.2 Å². The molecular formula is C32H42N8O8. The molecule has 16 heteroatoms. The zero-order chi connectivity index (χ0) is 33.6. The number of imide groups is 1. The third-order valence-electron chi connectivity index (χ3n) is 8.02. The van der Waals surface area contributed by atoms with Crippen molar-refractivity contribution in [2.75, 3.05) is 79.7 Å². The molecule has 1 aromatic carbocycles. The summed E-state index contributed by atoms with van der Waals surface area (Å²) in [6.07, 6.45) is 5.46. The molecule has 2 aliphatic rings. The summed E-state index contributed by atoms with van der Waals surface area (Å²) in [5.74, 6) is -0.551. The summed E-state index contributed by atoms with van der Waals surface area (Å²) in [4.78, 5) is 50.5. The van der Waals surface area contributed by atoms with Crippen molar-refractivity contribution < 1.29 is 38.1 Å². The van der Waals surface area contributed by atoms with E-state index in [0.717, 1.165) is 5.56 Å². The van der Waals surface area contributed by atoms with Crippen LogP contribution < -0.4 is 5.32 Å². The summed E-state index contributed by atoms with van der Waals surface area (Å²) in [6.45, 7) is 5.76. The summed E-state index contributed by atoms with van der Waals surface area (Å²) in [5.41, 5.74) is 1.05. The number of carbonyl (C=O) groups is 3. The molecule has 1 spiro atoms. The molecule has 2 fully saturated rings. The Labute approximate surface area is 278 Å². The van der Waals surface area contributed by atoms with Crippen molar-refractivity contribution in [3.63, 3.8) is 0 Å². The number of methoxy groups -OCH3 is 1. The standard InChI is InChI=1S/C32H42N8O8/c1-44-13-14-46-17-18-48-20-19-47-16-15-45-12-11-39-24-27(36-37-39)26-21-33-28(34-22-26)29(41)38-9-7-32(8-10-38)30(42)40(31(43)35-32)23-25-5-3-2-4-6-25/h2-6,21-22,24H,7-20,23H2,1H3,(H,35,43). The van der Waals surface area contributed by atoms with Crippen LogP contribution in [0, 0.1) is 0 Å². The van der Waals surface area contributed by atoms with Crippen molar-refractivity contribution in [3.8, 4) is 11.3 Å². The van der Waals surface area contributed by atoms with E-state index in [4.69, 9.17) is 23.7 Å². The molecule has 0 radical (unpaired) electrons. The highest BCUT2D eigenvalue weighted by Crippen LogP contribution is 2.31. The van der Waals surface area contributed by atoms with Crippen molar-refractivity contribution >= 4 is 17.8 Å². The first kappa shape index (κ1) is 35.0. The molecule has 4 heterocycles. The van der Waals surface area contributed by atoms with E-state index >= 15 is 0 Å². The van der Waals surface area contributed by atoms with Crippen LogP contribution in [0.1, 0.15) is 29.0 Å². The molecule has 1 N–H and O–H groups in total. The largest absolute Gasteiger partial charge is 0.382 e. The number of benzene rings is 1. The van der Waals surface area contributed by atoms with E-state index in [0.29, 0.717) is 90.1 Å². The molecule has 0 saturated carbocycles. The number of nitrogens with one attached hydrogen (secondary N) is 1.